The van der Waals surface area contributed by atoms with Gasteiger partial charge in [0.05, 0.1) is 4.47 Å². The average Bonchev–Trinajstić information content (AvgIpc) is 1.95. The fourth-order valence-electron chi connectivity index (χ4n) is 0.727. The van der Waals surface area contributed by atoms with Crippen LogP contribution in [0.1, 0.15) is 0 Å². The van der Waals surface area contributed by atoms with Crippen LogP contribution >= 0.6 is 15.9 Å². The first-order valence-electron chi connectivity index (χ1n) is 3.07. The molecule has 0 unspecified atom stereocenters. The SMILES string of the molecule is CBc1cncc(Br)c1O. The van der Waals surface area contributed by atoms with E-state index in [1.54, 1.807) is 12.4 Å². The van der Waals surface area contributed by atoms with Crippen LogP contribution in [0.3, 0.4) is 0 Å². The third-order valence-electron chi connectivity index (χ3n) is 1.33. The first kappa shape index (κ1) is 7.60. The van der Waals surface area contributed by atoms with Gasteiger partial charge in [0.2, 0.25) is 0 Å². The minimum absolute atomic E-state index is 0.303. The molecule has 0 bridgehead atoms. The van der Waals surface area contributed by atoms with Gasteiger partial charge in [-0.3, -0.25) is 4.98 Å². The molecule has 0 fully saturated rings. The van der Waals surface area contributed by atoms with Gasteiger partial charge in [-0.15, -0.1) is 0 Å². The molecule has 1 heterocycles. The van der Waals surface area contributed by atoms with Gasteiger partial charge in [-0.2, -0.15) is 0 Å². The van der Waals surface area contributed by atoms with Crippen molar-refractivity contribution in [1.29, 1.82) is 0 Å². The molecule has 0 saturated heterocycles. The van der Waals surface area contributed by atoms with E-state index in [0.29, 0.717) is 10.2 Å². The molecule has 0 amide bonds. The van der Waals surface area contributed by atoms with Gasteiger partial charge in [0, 0.05) is 12.4 Å². The van der Waals surface area contributed by atoms with E-state index in [4.69, 9.17) is 0 Å². The molecule has 0 aliphatic rings. The van der Waals surface area contributed by atoms with Crippen molar-refractivity contribution in [3.63, 3.8) is 0 Å². The van der Waals surface area contributed by atoms with Crippen molar-refractivity contribution in [2.24, 2.45) is 0 Å². The second-order valence-corrected chi connectivity index (χ2v) is 2.84. The lowest BCUT2D eigenvalue weighted by Gasteiger charge is -1.99. The number of aromatic hydroxyl groups is 1. The third-order valence-corrected chi connectivity index (χ3v) is 1.91. The second kappa shape index (κ2) is 3.06. The van der Waals surface area contributed by atoms with Crippen LogP contribution in [0.25, 0.3) is 0 Å². The van der Waals surface area contributed by atoms with Gasteiger partial charge in [0.15, 0.2) is 7.28 Å². The van der Waals surface area contributed by atoms with Crippen LogP contribution in [0.5, 0.6) is 5.75 Å². The number of hydrogen-bond donors (Lipinski definition) is 1. The summed E-state index contributed by atoms with van der Waals surface area (Å²) in [6.07, 6.45) is 3.24. The summed E-state index contributed by atoms with van der Waals surface area (Å²) >= 11 is 3.17. The Balaban J connectivity index is 3.14. The van der Waals surface area contributed by atoms with Crippen LogP contribution in [0.4, 0.5) is 0 Å². The Labute approximate surface area is 68.7 Å². The van der Waals surface area contributed by atoms with Crippen LogP contribution in [0, 0.1) is 0 Å². The van der Waals surface area contributed by atoms with Gasteiger partial charge in [-0.05, 0) is 21.4 Å². The van der Waals surface area contributed by atoms with E-state index >= 15 is 0 Å². The summed E-state index contributed by atoms with van der Waals surface area (Å²) in [6.45, 7) is 1.98. The normalized spacial score (nSPS) is 9.40. The first-order valence-corrected chi connectivity index (χ1v) is 3.86. The molecule has 0 radical (unpaired) electrons. The van der Waals surface area contributed by atoms with Crippen molar-refractivity contribution in [2.45, 2.75) is 6.82 Å². The maximum absolute atomic E-state index is 9.31. The summed E-state index contributed by atoms with van der Waals surface area (Å²) in [5.74, 6) is 0.303. The van der Waals surface area contributed by atoms with Gasteiger partial charge in [0.1, 0.15) is 5.75 Å². The fraction of sp³-hybridized carbons (Fsp3) is 0.167. The monoisotopic (exact) mass is 199 g/mol. The first-order chi connectivity index (χ1) is 4.75. The summed E-state index contributed by atoms with van der Waals surface area (Å²) in [5.41, 5.74) is 0.870. The molecule has 1 aromatic rings. The van der Waals surface area contributed by atoms with Crippen molar-refractivity contribution in [1.82, 2.24) is 4.98 Å². The van der Waals surface area contributed by atoms with Crippen LogP contribution in [0.15, 0.2) is 16.9 Å². The standard InChI is InChI=1S/C6H7BBrNO/c1-7-4-2-9-3-5(8)6(4)10/h2-3,7H,1H3,(H,9,10). The Bertz CT molecular complexity index is 241. The molecule has 0 atom stereocenters. The van der Waals surface area contributed by atoms with Crippen LogP contribution < -0.4 is 5.46 Å². The summed E-state index contributed by atoms with van der Waals surface area (Å²) in [5, 5.41) is 9.31. The van der Waals surface area contributed by atoms with Gasteiger partial charge in [0.25, 0.3) is 0 Å². The Morgan fingerprint density at radius 2 is 2.30 bits per heavy atom. The number of pyridine rings is 1. The molecular formula is C6H7BBrNO. The molecule has 0 aliphatic carbocycles. The third kappa shape index (κ3) is 1.32. The number of nitrogens with zero attached hydrogens (tertiary/aromatic N) is 1. The molecule has 4 heteroatoms. The maximum Gasteiger partial charge on any atom is 0.161 e. The summed E-state index contributed by atoms with van der Waals surface area (Å²) in [7, 11) is 0.804. The molecule has 10 heavy (non-hydrogen) atoms. The van der Waals surface area contributed by atoms with Gasteiger partial charge in [-0.1, -0.05) is 6.82 Å². The zero-order valence-electron chi connectivity index (χ0n) is 5.63. The summed E-state index contributed by atoms with van der Waals surface area (Å²) in [4.78, 5) is 3.91. The van der Waals surface area contributed by atoms with E-state index in [9.17, 15) is 5.11 Å². The minimum Gasteiger partial charge on any atom is -0.507 e. The lowest BCUT2D eigenvalue weighted by atomic mass is 9.74. The van der Waals surface area contributed by atoms with Gasteiger partial charge in [-0.25, -0.2) is 0 Å². The quantitative estimate of drug-likeness (QED) is 0.675. The molecular weight excluding hydrogens is 193 g/mol. The zero-order valence-corrected chi connectivity index (χ0v) is 7.22. The van der Waals surface area contributed by atoms with Gasteiger partial charge >= 0.3 is 0 Å². The molecule has 1 aromatic heterocycles. The fourth-order valence-corrected chi connectivity index (χ4v) is 1.10. The largest absolute Gasteiger partial charge is 0.507 e. The molecule has 0 spiro atoms. The number of aromatic nitrogens is 1. The average molecular weight is 200 g/mol. The van der Waals surface area contributed by atoms with Crippen molar-refractivity contribution in [3.05, 3.63) is 16.9 Å². The topological polar surface area (TPSA) is 33.1 Å². The molecule has 2 nitrogen and oxygen atoms in total. The van der Waals surface area contributed by atoms with Crippen LogP contribution in [0.2, 0.25) is 6.82 Å². The molecule has 0 saturated carbocycles. The number of hydrogen-bond acceptors (Lipinski definition) is 2. The Morgan fingerprint density at radius 3 is 2.80 bits per heavy atom. The van der Waals surface area contributed by atoms with Crippen LogP contribution in [-0.2, 0) is 0 Å². The van der Waals surface area contributed by atoms with Crippen molar-refractivity contribution in [3.8, 4) is 5.75 Å². The molecule has 52 valence electrons. The predicted octanol–water partition coefficient (Wildman–Crippen LogP) is 0.660. The van der Waals surface area contributed by atoms with E-state index in [1.165, 1.54) is 0 Å². The highest BCUT2D eigenvalue weighted by molar-refractivity contribution is 9.10. The summed E-state index contributed by atoms with van der Waals surface area (Å²) < 4.78 is 0.659. The van der Waals surface area contributed by atoms with Crippen LogP contribution in [-0.4, -0.2) is 17.4 Å². The Morgan fingerprint density at radius 1 is 1.60 bits per heavy atom. The molecule has 0 aromatic carbocycles. The van der Waals surface area contributed by atoms with E-state index in [2.05, 4.69) is 20.9 Å². The lowest BCUT2D eigenvalue weighted by Crippen LogP contribution is -2.11. The number of rotatable bonds is 1. The Kier molecular flexibility index (Phi) is 2.32. The highest BCUT2D eigenvalue weighted by Gasteiger charge is 2.02. The lowest BCUT2D eigenvalue weighted by molar-refractivity contribution is 0.475. The second-order valence-electron chi connectivity index (χ2n) is 1.98. The van der Waals surface area contributed by atoms with E-state index in [1.807, 2.05) is 6.82 Å². The smallest absolute Gasteiger partial charge is 0.161 e. The van der Waals surface area contributed by atoms with Gasteiger partial charge < -0.3 is 5.11 Å². The zero-order chi connectivity index (χ0) is 7.56. The molecule has 0 aliphatic heterocycles. The predicted molar refractivity (Wildman–Crippen MR) is 46.2 cm³/mol. The maximum atomic E-state index is 9.31. The van der Waals surface area contributed by atoms with Crippen molar-refractivity contribution >= 4 is 28.7 Å². The Hall–Kier alpha value is -0.505. The van der Waals surface area contributed by atoms with E-state index < -0.39 is 0 Å². The van der Waals surface area contributed by atoms with Crippen molar-refractivity contribution < 1.29 is 5.11 Å². The molecule has 1 rings (SSSR count). The van der Waals surface area contributed by atoms with E-state index in [-0.39, 0.29) is 0 Å². The minimum atomic E-state index is 0.303. The molecule has 1 N–H and O–H groups in total. The number of halogens is 1. The highest BCUT2D eigenvalue weighted by Crippen LogP contribution is 2.18. The summed E-state index contributed by atoms with van der Waals surface area (Å²) in [6, 6.07) is 0. The van der Waals surface area contributed by atoms with Crippen molar-refractivity contribution in [2.75, 3.05) is 0 Å². The van der Waals surface area contributed by atoms with E-state index in [0.717, 1.165) is 12.7 Å². The highest BCUT2D eigenvalue weighted by atomic mass is 79.9.